The van der Waals surface area contributed by atoms with Gasteiger partial charge in [-0.3, -0.25) is 4.98 Å². The van der Waals surface area contributed by atoms with E-state index in [0.29, 0.717) is 13.1 Å². The van der Waals surface area contributed by atoms with Crippen molar-refractivity contribution < 1.29 is 0 Å². The number of fused-ring (bicyclic) bond motifs is 1. The molecule has 2 N–H and O–H groups in total. The minimum atomic E-state index is 0. The van der Waals surface area contributed by atoms with Crippen molar-refractivity contribution in [2.75, 3.05) is 6.54 Å². The van der Waals surface area contributed by atoms with Gasteiger partial charge in [-0.05, 0) is 36.1 Å². The maximum absolute atomic E-state index is 6.03. The number of nitrogens with one attached hydrogen (secondary N) is 2. The third kappa shape index (κ3) is 5.57. The van der Waals surface area contributed by atoms with E-state index in [2.05, 4.69) is 32.7 Å². The Morgan fingerprint density at radius 3 is 2.73 bits per heavy atom. The summed E-state index contributed by atoms with van der Waals surface area (Å²) in [5.41, 5.74) is 2.08. The quantitative estimate of drug-likeness (QED) is 0.314. The van der Waals surface area contributed by atoms with Crippen LogP contribution in [0.3, 0.4) is 0 Å². The maximum atomic E-state index is 6.03. The van der Waals surface area contributed by atoms with Crippen LogP contribution in [0, 0.1) is 0 Å². The lowest BCUT2D eigenvalue weighted by Gasteiger charge is -2.12. The number of halogens is 2. The monoisotopic (exact) mass is 480 g/mol. The van der Waals surface area contributed by atoms with Crippen molar-refractivity contribution in [3.63, 3.8) is 0 Å². The Morgan fingerprint density at radius 2 is 1.92 bits per heavy atom. The molecule has 0 saturated carbocycles. The summed E-state index contributed by atoms with van der Waals surface area (Å²) in [7, 11) is 0. The summed E-state index contributed by atoms with van der Waals surface area (Å²) in [6, 6.07) is 18.0. The molecule has 0 saturated heterocycles. The molecule has 0 aliphatic heterocycles. The fraction of sp³-hybridized carbons (Fsp3) is 0.200. The van der Waals surface area contributed by atoms with Crippen LogP contribution in [0.4, 0.5) is 0 Å². The van der Waals surface area contributed by atoms with Crippen LogP contribution in [0.2, 0.25) is 5.02 Å². The van der Waals surface area contributed by atoms with E-state index in [1.54, 1.807) is 0 Å². The molecule has 0 amide bonds. The Morgan fingerprint density at radius 1 is 1.08 bits per heavy atom. The largest absolute Gasteiger partial charge is 0.357 e. The van der Waals surface area contributed by atoms with Gasteiger partial charge in [0, 0.05) is 23.2 Å². The van der Waals surface area contributed by atoms with Crippen molar-refractivity contribution in [3.05, 3.63) is 77.1 Å². The van der Waals surface area contributed by atoms with Gasteiger partial charge in [0.25, 0.3) is 0 Å². The van der Waals surface area contributed by atoms with Gasteiger partial charge in [0.15, 0.2) is 5.96 Å². The Hall–Kier alpha value is -1.86. The molecule has 0 aliphatic carbocycles. The predicted octanol–water partition coefficient (Wildman–Crippen LogP) is 4.76. The molecule has 1 heterocycles. The van der Waals surface area contributed by atoms with Crippen LogP contribution in [-0.4, -0.2) is 17.5 Å². The number of rotatable bonds is 5. The Balaban J connectivity index is 0.00000243. The fourth-order valence-corrected chi connectivity index (χ4v) is 2.85. The van der Waals surface area contributed by atoms with Crippen LogP contribution in [0.1, 0.15) is 18.2 Å². The molecule has 0 aliphatic rings. The summed E-state index contributed by atoms with van der Waals surface area (Å²) in [5.74, 6) is 0.761. The van der Waals surface area contributed by atoms with E-state index >= 15 is 0 Å². The molecule has 0 bridgehead atoms. The van der Waals surface area contributed by atoms with E-state index < -0.39 is 0 Å². The number of aliphatic imine (C=N–C) groups is 1. The number of pyridine rings is 1. The predicted molar refractivity (Wildman–Crippen MR) is 120 cm³/mol. The van der Waals surface area contributed by atoms with Gasteiger partial charge in [0.2, 0.25) is 0 Å². The highest BCUT2D eigenvalue weighted by Crippen LogP contribution is 2.16. The van der Waals surface area contributed by atoms with Gasteiger partial charge in [-0.15, -0.1) is 24.0 Å². The summed E-state index contributed by atoms with van der Waals surface area (Å²) < 4.78 is 0. The van der Waals surface area contributed by atoms with Crippen LogP contribution < -0.4 is 10.6 Å². The summed E-state index contributed by atoms with van der Waals surface area (Å²) in [5, 5.41) is 9.69. The molecule has 2 aromatic carbocycles. The fourth-order valence-electron chi connectivity index (χ4n) is 2.64. The zero-order valence-electron chi connectivity index (χ0n) is 14.6. The first-order valence-corrected chi connectivity index (χ1v) is 8.73. The molecule has 3 rings (SSSR count). The van der Waals surface area contributed by atoms with Gasteiger partial charge in [-0.25, -0.2) is 4.99 Å². The first-order valence-electron chi connectivity index (χ1n) is 8.35. The van der Waals surface area contributed by atoms with E-state index in [1.807, 2.05) is 55.6 Å². The van der Waals surface area contributed by atoms with Gasteiger partial charge < -0.3 is 10.6 Å². The lowest BCUT2D eigenvalue weighted by atomic mass is 10.1. The molecule has 26 heavy (non-hydrogen) atoms. The van der Waals surface area contributed by atoms with E-state index in [1.165, 1.54) is 5.39 Å². The van der Waals surface area contributed by atoms with E-state index in [4.69, 9.17) is 11.6 Å². The lowest BCUT2D eigenvalue weighted by molar-refractivity contribution is 0.804. The molecule has 1 aromatic heterocycles. The zero-order valence-corrected chi connectivity index (χ0v) is 17.7. The van der Waals surface area contributed by atoms with Crippen molar-refractivity contribution in [3.8, 4) is 0 Å². The number of aromatic nitrogens is 1. The number of nitrogens with zero attached hydrogens (tertiary/aromatic N) is 2. The molecular formula is C20H22ClIN4. The number of hydrogen-bond acceptors (Lipinski definition) is 2. The van der Waals surface area contributed by atoms with Crippen LogP contribution in [-0.2, 0) is 13.1 Å². The SMILES string of the molecule is CCNC(=NCc1cccc(Cl)c1)NCc1nccc2ccccc12.I. The third-order valence-electron chi connectivity index (χ3n) is 3.83. The molecule has 0 radical (unpaired) electrons. The van der Waals surface area contributed by atoms with Crippen molar-refractivity contribution in [2.24, 2.45) is 4.99 Å². The Bertz CT molecular complexity index is 877. The Labute approximate surface area is 176 Å². The molecule has 3 aromatic rings. The highest BCUT2D eigenvalue weighted by Gasteiger charge is 2.04. The van der Waals surface area contributed by atoms with Crippen LogP contribution in [0.5, 0.6) is 0 Å². The van der Waals surface area contributed by atoms with Crippen molar-refractivity contribution >= 4 is 52.3 Å². The number of benzene rings is 2. The first-order chi connectivity index (χ1) is 12.3. The van der Waals surface area contributed by atoms with Gasteiger partial charge >= 0.3 is 0 Å². The normalized spacial score (nSPS) is 11.1. The van der Waals surface area contributed by atoms with Crippen LogP contribution >= 0.6 is 35.6 Å². The topological polar surface area (TPSA) is 49.3 Å². The summed E-state index contributed by atoms with van der Waals surface area (Å²) in [6.45, 7) is 4.03. The van der Waals surface area contributed by atoms with Crippen LogP contribution in [0.15, 0.2) is 65.8 Å². The minimum absolute atomic E-state index is 0. The highest BCUT2D eigenvalue weighted by molar-refractivity contribution is 14.0. The maximum Gasteiger partial charge on any atom is 0.191 e. The number of guanidine groups is 1. The zero-order chi connectivity index (χ0) is 17.5. The third-order valence-corrected chi connectivity index (χ3v) is 4.07. The number of hydrogen-bond donors (Lipinski definition) is 2. The first kappa shape index (κ1) is 20.5. The molecule has 4 nitrogen and oxygen atoms in total. The lowest BCUT2D eigenvalue weighted by Crippen LogP contribution is -2.37. The van der Waals surface area contributed by atoms with Crippen LogP contribution in [0.25, 0.3) is 10.8 Å². The highest BCUT2D eigenvalue weighted by atomic mass is 127. The molecule has 136 valence electrons. The Kier molecular flexibility index (Phi) is 8.12. The van der Waals surface area contributed by atoms with Gasteiger partial charge in [-0.2, -0.15) is 0 Å². The molecule has 0 fully saturated rings. The average Bonchev–Trinajstić information content (AvgIpc) is 2.64. The molecule has 6 heteroatoms. The minimum Gasteiger partial charge on any atom is -0.357 e. The second-order valence-electron chi connectivity index (χ2n) is 5.66. The average molecular weight is 481 g/mol. The van der Waals surface area contributed by atoms with Gasteiger partial charge in [0.05, 0.1) is 18.8 Å². The standard InChI is InChI=1S/C20H21ClN4.HI/c1-2-22-20(24-13-15-6-5-8-17(21)12-15)25-14-19-18-9-4-3-7-16(18)10-11-23-19;/h3-12H,2,13-14H2,1H3,(H2,22,24,25);1H. The van der Waals surface area contributed by atoms with Gasteiger partial charge in [0.1, 0.15) is 0 Å². The van der Waals surface area contributed by atoms with Crippen molar-refractivity contribution in [1.82, 2.24) is 15.6 Å². The second-order valence-corrected chi connectivity index (χ2v) is 6.09. The van der Waals surface area contributed by atoms with Crippen molar-refractivity contribution in [1.29, 1.82) is 0 Å². The summed E-state index contributed by atoms with van der Waals surface area (Å²) >= 11 is 6.03. The summed E-state index contributed by atoms with van der Waals surface area (Å²) in [6.07, 6.45) is 1.84. The smallest absolute Gasteiger partial charge is 0.191 e. The second kappa shape index (κ2) is 10.3. The molecular weight excluding hydrogens is 459 g/mol. The molecule has 0 unspecified atom stereocenters. The van der Waals surface area contributed by atoms with E-state index in [-0.39, 0.29) is 24.0 Å². The molecule has 0 spiro atoms. The summed E-state index contributed by atoms with van der Waals surface area (Å²) in [4.78, 5) is 9.13. The van der Waals surface area contributed by atoms with Gasteiger partial charge in [-0.1, -0.05) is 48.0 Å². The molecule has 0 atom stereocenters. The van der Waals surface area contributed by atoms with E-state index in [9.17, 15) is 0 Å². The van der Waals surface area contributed by atoms with Crippen molar-refractivity contribution in [2.45, 2.75) is 20.0 Å². The van der Waals surface area contributed by atoms with E-state index in [0.717, 1.165) is 34.2 Å².